The summed E-state index contributed by atoms with van der Waals surface area (Å²) < 4.78 is 1.74. The Labute approximate surface area is 98.7 Å². The molecule has 0 radical (unpaired) electrons. The van der Waals surface area contributed by atoms with Crippen molar-refractivity contribution in [2.75, 3.05) is 0 Å². The number of rotatable bonds is 4. The second-order valence-corrected chi connectivity index (χ2v) is 3.78. The minimum absolute atomic E-state index is 0.154. The molecule has 0 spiro atoms. The maximum Gasteiger partial charge on any atom is 0.303 e. The van der Waals surface area contributed by atoms with E-state index in [9.17, 15) is 4.79 Å². The number of carboxylic acid groups (broad SMARTS) is 1. The zero-order valence-corrected chi connectivity index (χ0v) is 9.50. The Morgan fingerprint density at radius 3 is 2.59 bits per heavy atom. The molecule has 2 rings (SSSR count). The third kappa shape index (κ3) is 2.69. The van der Waals surface area contributed by atoms with Crippen LogP contribution in [0.3, 0.4) is 0 Å². The number of benzene rings is 1. The second-order valence-electron chi connectivity index (χ2n) is 3.78. The maximum absolute atomic E-state index is 10.4. The summed E-state index contributed by atoms with van der Waals surface area (Å²) in [4.78, 5) is 14.5. The van der Waals surface area contributed by atoms with Gasteiger partial charge in [0, 0.05) is 6.42 Å². The molecule has 2 aromatic rings. The highest BCUT2D eigenvalue weighted by Gasteiger charge is 2.03. The van der Waals surface area contributed by atoms with Crippen molar-refractivity contribution < 1.29 is 9.90 Å². The number of hydrogen-bond acceptors (Lipinski definition) is 3. The predicted molar refractivity (Wildman–Crippen MR) is 62.1 cm³/mol. The molecule has 1 aromatic heterocycles. The van der Waals surface area contributed by atoms with Crippen LogP contribution >= 0.6 is 0 Å². The molecular formula is C12H13N3O2. The van der Waals surface area contributed by atoms with Crippen molar-refractivity contribution in [1.29, 1.82) is 0 Å². The molecule has 5 nitrogen and oxygen atoms in total. The van der Waals surface area contributed by atoms with Crippen molar-refractivity contribution in [3.05, 3.63) is 42.0 Å². The van der Waals surface area contributed by atoms with Crippen LogP contribution < -0.4 is 0 Å². The fourth-order valence-electron chi connectivity index (χ4n) is 1.61. The van der Waals surface area contributed by atoms with Gasteiger partial charge in [0.25, 0.3) is 0 Å². The molecule has 0 saturated carbocycles. The van der Waals surface area contributed by atoms with Crippen molar-refractivity contribution in [3.63, 3.8) is 0 Å². The molecule has 0 aliphatic rings. The zero-order valence-electron chi connectivity index (χ0n) is 9.50. The molecule has 0 aliphatic heterocycles. The monoisotopic (exact) mass is 231 g/mol. The SMILES string of the molecule is Cc1ncnn1-c1ccc(CCC(=O)O)cc1. The Morgan fingerprint density at radius 2 is 2.06 bits per heavy atom. The van der Waals surface area contributed by atoms with Crippen LogP contribution in [-0.2, 0) is 11.2 Å². The third-order valence-corrected chi connectivity index (χ3v) is 2.53. The lowest BCUT2D eigenvalue weighted by molar-refractivity contribution is -0.136. The van der Waals surface area contributed by atoms with E-state index in [1.165, 1.54) is 6.33 Å². The molecule has 0 saturated heterocycles. The first kappa shape index (κ1) is 11.3. The first-order chi connectivity index (χ1) is 8.16. The highest BCUT2D eigenvalue weighted by atomic mass is 16.4. The van der Waals surface area contributed by atoms with Crippen LogP contribution in [0.25, 0.3) is 5.69 Å². The first-order valence-corrected chi connectivity index (χ1v) is 5.34. The van der Waals surface area contributed by atoms with Gasteiger partial charge in [0.15, 0.2) is 0 Å². The van der Waals surface area contributed by atoms with Crippen molar-refractivity contribution in [2.45, 2.75) is 19.8 Å². The van der Waals surface area contributed by atoms with E-state index >= 15 is 0 Å². The topological polar surface area (TPSA) is 68.0 Å². The zero-order chi connectivity index (χ0) is 12.3. The van der Waals surface area contributed by atoms with E-state index in [1.54, 1.807) is 4.68 Å². The van der Waals surface area contributed by atoms with Crippen molar-refractivity contribution in [1.82, 2.24) is 14.8 Å². The quantitative estimate of drug-likeness (QED) is 0.867. The molecule has 5 heteroatoms. The van der Waals surface area contributed by atoms with Gasteiger partial charge in [-0.1, -0.05) is 12.1 Å². The Bertz CT molecular complexity index is 517. The van der Waals surface area contributed by atoms with Crippen LogP contribution in [0.1, 0.15) is 17.8 Å². The Balaban J connectivity index is 2.13. The summed E-state index contributed by atoms with van der Waals surface area (Å²) in [5, 5.41) is 12.7. The lowest BCUT2D eigenvalue weighted by Crippen LogP contribution is -2.00. The molecule has 0 fully saturated rings. The summed E-state index contributed by atoms with van der Waals surface area (Å²) in [5.74, 6) is 0.0458. The largest absolute Gasteiger partial charge is 0.481 e. The van der Waals surface area contributed by atoms with E-state index in [-0.39, 0.29) is 6.42 Å². The summed E-state index contributed by atoms with van der Waals surface area (Å²) in [7, 11) is 0. The molecular weight excluding hydrogens is 218 g/mol. The molecule has 0 aliphatic carbocycles. The summed E-state index contributed by atoms with van der Waals surface area (Å²) in [6.07, 6.45) is 2.21. The van der Waals surface area contributed by atoms with Crippen LogP contribution in [0.2, 0.25) is 0 Å². The van der Waals surface area contributed by atoms with Crippen LogP contribution in [0.5, 0.6) is 0 Å². The van der Waals surface area contributed by atoms with Gasteiger partial charge in [0.05, 0.1) is 5.69 Å². The highest BCUT2D eigenvalue weighted by Crippen LogP contribution is 2.11. The van der Waals surface area contributed by atoms with Crippen LogP contribution in [-0.4, -0.2) is 25.8 Å². The van der Waals surface area contributed by atoms with Crippen molar-refractivity contribution in [3.8, 4) is 5.69 Å². The number of aliphatic carboxylic acids is 1. The molecule has 1 N–H and O–H groups in total. The third-order valence-electron chi connectivity index (χ3n) is 2.53. The minimum atomic E-state index is -0.777. The average molecular weight is 231 g/mol. The molecule has 0 amide bonds. The standard InChI is InChI=1S/C12H13N3O2/c1-9-13-8-14-15(9)11-5-2-10(3-6-11)4-7-12(16)17/h2-3,5-6,8H,4,7H2,1H3,(H,16,17). The van der Waals surface area contributed by atoms with Crippen LogP contribution in [0.4, 0.5) is 0 Å². The summed E-state index contributed by atoms with van der Waals surface area (Å²) in [5.41, 5.74) is 1.94. The van der Waals surface area contributed by atoms with E-state index in [0.29, 0.717) is 6.42 Å². The van der Waals surface area contributed by atoms with Gasteiger partial charge in [-0.3, -0.25) is 4.79 Å². The van der Waals surface area contributed by atoms with E-state index < -0.39 is 5.97 Å². The fourth-order valence-corrected chi connectivity index (χ4v) is 1.61. The Hall–Kier alpha value is -2.17. The maximum atomic E-state index is 10.4. The Morgan fingerprint density at radius 1 is 1.35 bits per heavy atom. The summed E-state index contributed by atoms with van der Waals surface area (Å²) >= 11 is 0. The smallest absolute Gasteiger partial charge is 0.303 e. The van der Waals surface area contributed by atoms with Gasteiger partial charge in [-0.15, -0.1) is 0 Å². The fraction of sp³-hybridized carbons (Fsp3) is 0.250. The van der Waals surface area contributed by atoms with Crippen molar-refractivity contribution in [2.24, 2.45) is 0 Å². The number of carbonyl (C=O) groups is 1. The van der Waals surface area contributed by atoms with Crippen molar-refractivity contribution >= 4 is 5.97 Å². The predicted octanol–water partition coefficient (Wildman–Crippen LogP) is 1.59. The second kappa shape index (κ2) is 4.78. The van der Waals surface area contributed by atoms with Gasteiger partial charge >= 0.3 is 5.97 Å². The van der Waals surface area contributed by atoms with E-state index in [2.05, 4.69) is 10.1 Å². The summed E-state index contributed by atoms with van der Waals surface area (Å²) in [6.45, 7) is 1.88. The normalized spacial score (nSPS) is 10.4. The minimum Gasteiger partial charge on any atom is -0.481 e. The lowest BCUT2D eigenvalue weighted by atomic mass is 10.1. The highest BCUT2D eigenvalue weighted by molar-refractivity contribution is 5.67. The van der Waals surface area contributed by atoms with Gasteiger partial charge < -0.3 is 5.11 Å². The molecule has 1 heterocycles. The van der Waals surface area contributed by atoms with Gasteiger partial charge in [-0.25, -0.2) is 9.67 Å². The molecule has 0 unspecified atom stereocenters. The summed E-state index contributed by atoms with van der Waals surface area (Å²) in [6, 6.07) is 7.66. The molecule has 17 heavy (non-hydrogen) atoms. The van der Waals surface area contributed by atoms with Gasteiger partial charge in [0.1, 0.15) is 12.2 Å². The molecule has 0 bridgehead atoms. The number of carboxylic acids is 1. The van der Waals surface area contributed by atoms with Gasteiger partial charge in [-0.05, 0) is 31.0 Å². The van der Waals surface area contributed by atoms with Crippen LogP contribution in [0.15, 0.2) is 30.6 Å². The van der Waals surface area contributed by atoms with E-state index in [0.717, 1.165) is 17.1 Å². The average Bonchev–Trinajstić information content (AvgIpc) is 2.73. The van der Waals surface area contributed by atoms with E-state index in [4.69, 9.17) is 5.11 Å². The molecule has 88 valence electrons. The number of aromatic nitrogens is 3. The lowest BCUT2D eigenvalue weighted by Gasteiger charge is -2.04. The van der Waals surface area contributed by atoms with E-state index in [1.807, 2.05) is 31.2 Å². The van der Waals surface area contributed by atoms with Crippen LogP contribution in [0, 0.1) is 6.92 Å². The number of nitrogens with zero attached hydrogens (tertiary/aromatic N) is 3. The van der Waals surface area contributed by atoms with Gasteiger partial charge in [-0.2, -0.15) is 5.10 Å². The molecule has 1 aromatic carbocycles. The number of hydrogen-bond donors (Lipinski definition) is 1. The van der Waals surface area contributed by atoms with Gasteiger partial charge in [0.2, 0.25) is 0 Å². The number of aryl methyl sites for hydroxylation is 2. The first-order valence-electron chi connectivity index (χ1n) is 5.34. The molecule has 0 atom stereocenters. The Kier molecular flexibility index (Phi) is 3.18.